The average Bonchev–Trinajstić information content (AvgIpc) is 2.40. The molecular formula is C16H23ClN2O3. The first-order valence-corrected chi connectivity index (χ1v) is 7.64. The molecule has 0 spiro atoms. The van der Waals surface area contributed by atoms with Crippen molar-refractivity contribution in [1.82, 2.24) is 4.90 Å². The van der Waals surface area contributed by atoms with Gasteiger partial charge in [-0.2, -0.15) is 0 Å². The molecule has 122 valence electrons. The Kier molecular flexibility index (Phi) is 6.23. The number of hydrogen-bond donors (Lipinski definition) is 1. The van der Waals surface area contributed by atoms with Crippen LogP contribution in [0.5, 0.6) is 0 Å². The minimum Gasteiger partial charge on any atom is -0.444 e. The number of halogens is 1. The molecule has 0 saturated carbocycles. The van der Waals surface area contributed by atoms with Gasteiger partial charge in [-0.1, -0.05) is 11.6 Å². The molecule has 1 N–H and O–H groups in total. The van der Waals surface area contributed by atoms with Gasteiger partial charge in [0.2, 0.25) is 0 Å². The Bertz CT molecular complexity index is 549. The van der Waals surface area contributed by atoms with Crippen molar-refractivity contribution in [3.63, 3.8) is 0 Å². The number of hydrogen-bond acceptors (Lipinski definition) is 3. The molecule has 22 heavy (non-hydrogen) atoms. The van der Waals surface area contributed by atoms with Gasteiger partial charge >= 0.3 is 6.09 Å². The van der Waals surface area contributed by atoms with E-state index in [1.807, 2.05) is 13.8 Å². The number of carbonyl (C=O) groups is 2. The molecule has 0 bridgehead atoms. The van der Waals surface area contributed by atoms with E-state index in [-0.39, 0.29) is 5.91 Å². The molecule has 1 aromatic rings. The Morgan fingerprint density at radius 2 is 1.82 bits per heavy atom. The number of benzene rings is 1. The molecule has 0 fully saturated rings. The van der Waals surface area contributed by atoms with Crippen molar-refractivity contribution in [2.45, 2.75) is 40.2 Å². The van der Waals surface area contributed by atoms with E-state index in [9.17, 15) is 9.59 Å². The molecule has 0 saturated heterocycles. The average molecular weight is 327 g/mol. The Labute approximate surface area is 136 Å². The summed E-state index contributed by atoms with van der Waals surface area (Å²) in [5, 5.41) is 2.96. The normalized spacial score (nSPS) is 11.0. The monoisotopic (exact) mass is 326 g/mol. The highest BCUT2D eigenvalue weighted by molar-refractivity contribution is 6.34. The first-order chi connectivity index (χ1) is 10.2. The minimum atomic E-state index is -0.587. The number of ether oxygens (including phenoxy) is 1. The highest BCUT2D eigenvalue weighted by Crippen LogP contribution is 2.23. The highest BCUT2D eigenvalue weighted by Gasteiger charge is 2.19. The second kappa shape index (κ2) is 7.49. The molecule has 0 aliphatic heterocycles. The second-order valence-electron chi connectivity index (χ2n) is 5.80. The van der Waals surface area contributed by atoms with Gasteiger partial charge in [-0.05, 0) is 52.8 Å². The Hall–Kier alpha value is -1.75. The second-order valence-corrected chi connectivity index (χ2v) is 6.21. The largest absolute Gasteiger partial charge is 0.444 e. The highest BCUT2D eigenvalue weighted by atomic mass is 35.5. The Morgan fingerprint density at radius 3 is 2.32 bits per heavy atom. The van der Waals surface area contributed by atoms with Crippen LogP contribution in [-0.4, -0.2) is 35.6 Å². The molecule has 6 heteroatoms. The van der Waals surface area contributed by atoms with Crippen LogP contribution in [0, 0.1) is 0 Å². The van der Waals surface area contributed by atoms with Gasteiger partial charge in [0.25, 0.3) is 5.91 Å². The molecule has 1 aromatic carbocycles. The number of anilines is 1. The molecular weight excluding hydrogens is 304 g/mol. The summed E-state index contributed by atoms with van der Waals surface area (Å²) in [5.41, 5.74) is 0.240. The Balaban J connectivity index is 2.95. The van der Waals surface area contributed by atoms with Crippen molar-refractivity contribution in [1.29, 1.82) is 0 Å². The van der Waals surface area contributed by atoms with Crippen molar-refractivity contribution >= 4 is 29.3 Å². The predicted octanol–water partition coefficient (Wildman–Crippen LogP) is 4.17. The summed E-state index contributed by atoms with van der Waals surface area (Å²) in [6.45, 7) is 10.3. The number of nitrogens with zero attached hydrogens (tertiary/aromatic N) is 1. The van der Waals surface area contributed by atoms with Crippen LogP contribution in [0.4, 0.5) is 10.5 Å². The quantitative estimate of drug-likeness (QED) is 0.903. The fraction of sp³-hybridized carbons (Fsp3) is 0.500. The smallest absolute Gasteiger partial charge is 0.412 e. The lowest BCUT2D eigenvalue weighted by molar-refractivity contribution is 0.0635. The lowest BCUT2D eigenvalue weighted by Gasteiger charge is -2.21. The molecule has 2 amide bonds. The van der Waals surface area contributed by atoms with Crippen LogP contribution in [-0.2, 0) is 4.74 Å². The van der Waals surface area contributed by atoms with Gasteiger partial charge in [0.15, 0.2) is 0 Å². The van der Waals surface area contributed by atoms with E-state index in [4.69, 9.17) is 16.3 Å². The number of carbonyl (C=O) groups excluding carboxylic acids is 2. The fourth-order valence-electron chi connectivity index (χ4n) is 1.87. The topological polar surface area (TPSA) is 58.6 Å². The zero-order valence-electron chi connectivity index (χ0n) is 13.7. The van der Waals surface area contributed by atoms with Crippen LogP contribution in [0.25, 0.3) is 0 Å². The molecule has 0 aromatic heterocycles. The zero-order chi connectivity index (χ0) is 16.9. The van der Waals surface area contributed by atoms with Crippen molar-refractivity contribution in [3.8, 4) is 0 Å². The van der Waals surface area contributed by atoms with Gasteiger partial charge in [-0.25, -0.2) is 4.79 Å². The van der Waals surface area contributed by atoms with Crippen molar-refractivity contribution in [2.24, 2.45) is 0 Å². The van der Waals surface area contributed by atoms with Crippen molar-refractivity contribution < 1.29 is 14.3 Å². The lowest BCUT2D eigenvalue weighted by Crippen LogP contribution is -2.31. The third kappa shape index (κ3) is 5.22. The van der Waals surface area contributed by atoms with E-state index in [2.05, 4.69) is 5.32 Å². The molecule has 0 unspecified atom stereocenters. The summed E-state index contributed by atoms with van der Waals surface area (Å²) in [4.78, 5) is 25.8. The van der Waals surface area contributed by atoms with Crippen LogP contribution in [0.15, 0.2) is 18.2 Å². The lowest BCUT2D eigenvalue weighted by atomic mass is 10.1. The van der Waals surface area contributed by atoms with Crippen LogP contribution >= 0.6 is 11.6 Å². The van der Waals surface area contributed by atoms with Gasteiger partial charge in [0.05, 0.1) is 10.6 Å². The first-order valence-electron chi connectivity index (χ1n) is 7.26. The van der Waals surface area contributed by atoms with Gasteiger partial charge in [-0.15, -0.1) is 0 Å². The summed E-state index contributed by atoms with van der Waals surface area (Å²) in [6, 6.07) is 4.78. The minimum absolute atomic E-state index is 0.164. The van der Waals surface area contributed by atoms with E-state index >= 15 is 0 Å². The maximum Gasteiger partial charge on any atom is 0.412 e. The summed E-state index contributed by atoms with van der Waals surface area (Å²) < 4.78 is 5.18. The number of rotatable bonds is 4. The van der Waals surface area contributed by atoms with Crippen LogP contribution < -0.4 is 5.32 Å². The predicted molar refractivity (Wildman–Crippen MR) is 88.6 cm³/mol. The SMILES string of the molecule is CCN(CC)C(=O)c1cc(NC(=O)OC(C)(C)C)ccc1Cl. The van der Waals surface area contributed by atoms with Crippen LogP contribution in [0.3, 0.4) is 0 Å². The standard InChI is InChI=1S/C16H23ClN2O3/c1-6-19(7-2)14(20)12-10-11(8-9-13(12)17)18-15(21)22-16(3,4)5/h8-10H,6-7H2,1-5H3,(H,18,21). The molecule has 5 nitrogen and oxygen atoms in total. The van der Waals surface area contributed by atoms with Crippen LogP contribution in [0.2, 0.25) is 5.02 Å². The molecule has 0 aliphatic rings. The van der Waals surface area contributed by atoms with Crippen molar-refractivity contribution in [2.75, 3.05) is 18.4 Å². The third-order valence-corrected chi connectivity index (χ3v) is 3.22. The van der Waals surface area contributed by atoms with Gasteiger partial charge in [-0.3, -0.25) is 10.1 Å². The molecule has 0 heterocycles. The first kappa shape index (κ1) is 18.3. The van der Waals surface area contributed by atoms with Crippen LogP contribution in [0.1, 0.15) is 45.0 Å². The van der Waals surface area contributed by atoms with Gasteiger partial charge < -0.3 is 9.64 Å². The third-order valence-electron chi connectivity index (χ3n) is 2.89. The fourth-order valence-corrected chi connectivity index (χ4v) is 2.07. The maximum absolute atomic E-state index is 12.4. The van der Waals surface area contributed by atoms with Gasteiger partial charge in [0.1, 0.15) is 5.60 Å². The zero-order valence-corrected chi connectivity index (χ0v) is 14.5. The molecule has 0 aliphatic carbocycles. The van der Waals surface area contributed by atoms with E-state index < -0.39 is 11.7 Å². The summed E-state index contributed by atoms with van der Waals surface area (Å²) in [6.07, 6.45) is -0.573. The number of amides is 2. The summed E-state index contributed by atoms with van der Waals surface area (Å²) >= 11 is 6.10. The molecule has 1 rings (SSSR count). The molecule has 0 atom stereocenters. The Morgan fingerprint density at radius 1 is 1.23 bits per heavy atom. The summed E-state index contributed by atoms with van der Waals surface area (Å²) in [5.74, 6) is -0.164. The van der Waals surface area contributed by atoms with E-state index in [0.717, 1.165) is 0 Å². The number of nitrogens with one attached hydrogen (secondary N) is 1. The van der Waals surface area contributed by atoms with E-state index in [1.54, 1.807) is 43.9 Å². The summed E-state index contributed by atoms with van der Waals surface area (Å²) in [7, 11) is 0. The maximum atomic E-state index is 12.4. The van der Waals surface area contributed by atoms with E-state index in [1.165, 1.54) is 0 Å². The van der Waals surface area contributed by atoms with Crippen molar-refractivity contribution in [3.05, 3.63) is 28.8 Å². The molecule has 0 radical (unpaired) electrons. The van der Waals surface area contributed by atoms with E-state index in [0.29, 0.717) is 29.4 Å². The van der Waals surface area contributed by atoms with Gasteiger partial charge in [0, 0.05) is 18.8 Å².